The van der Waals surface area contributed by atoms with Gasteiger partial charge in [-0.25, -0.2) is 4.98 Å². The third-order valence-corrected chi connectivity index (χ3v) is 1.46. The molecule has 1 aromatic heterocycles. The summed E-state index contributed by atoms with van der Waals surface area (Å²) in [5.41, 5.74) is 7.34. The number of aryl methyl sites for hydroxylation is 1. The summed E-state index contributed by atoms with van der Waals surface area (Å²) in [6.45, 7) is 4.66. The molecule has 0 aliphatic carbocycles. The molecule has 3 heteroatoms. The maximum absolute atomic E-state index is 5.67. The van der Waals surface area contributed by atoms with Gasteiger partial charge in [0.2, 0.25) is 5.88 Å². The minimum atomic E-state index is 0.544. The summed E-state index contributed by atoms with van der Waals surface area (Å²) in [6.07, 6.45) is 2.72. The van der Waals surface area contributed by atoms with Crippen LogP contribution in [0.4, 0.5) is 5.69 Å². The number of pyridine rings is 1. The van der Waals surface area contributed by atoms with E-state index in [1.54, 1.807) is 6.20 Å². The maximum atomic E-state index is 5.67. The fourth-order valence-corrected chi connectivity index (χ4v) is 0.899. The summed E-state index contributed by atoms with van der Waals surface area (Å²) in [5, 5.41) is 0. The summed E-state index contributed by atoms with van der Waals surface area (Å²) in [5.74, 6) is 0.544. The normalized spacial score (nSPS) is 9.83. The molecule has 3 nitrogen and oxygen atoms in total. The number of hydrogen-bond acceptors (Lipinski definition) is 3. The van der Waals surface area contributed by atoms with E-state index in [-0.39, 0.29) is 0 Å². The molecule has 2 N–H and O–H groups in total. The Morgan fingerprint density at radius 1 is 1.58 bits per heavy atom. The summed E-state index contributed by atoms with van der Waals surface area (Å²) in [6, 6.07) is 1.86. The summed E-state index contributed by atoms with van der Waals surface area (Å²) < 4.78 is 5.30. The summed E-state index contributed by atoms with van der Waals surface area (Å²) in [4.78, 5) is 4.07. The van der Waals surface area contributed by atoms with Crippen molar-refractivity contribution in [2.75, 3.05) is 12.3 Å². The Kier molecular flexibility index (Phi) is 2.91. The van der Waals surface area contributed by atoms with Gasteiger partial charge in [0.1, 0.15) is 0 Å². The molecular formula is C9H14N2O. The lowest BCUT2D eigenvalue weighted by atomic mass is 10.3. The van der Waals surface area contributed by atoms with E-state index in [9.17, 15) is 0 Å². The van der Waals surface area contributed by atoms with Gasteiger partial charge in [0.15, 0.2) is 0 Å². The first-order valence-electron chi connectivity index (χ1n) is 4.09. The first-order valence-corrected chi connectivity index (χ1v) is 4.09. The van der Waals surface area contributed by atoms with E-state index < -0.39 is 0 Å². The fourth-order valence-electron chi connectivity index (χ4n) is 0.899. The average Bonchev–Trinajstić information content (AvgIpc) is 2.03. The van der Waals surface area contributed by atoms with Crippen molar-refractivity contribution in [1.29, 1.82) is 0 Å². The number of nitrogen functional groups attached to an aromatic ring is 1. The van der Waals surface area contributed by atoms with Crippen molar-refractivity contribution in [3.8, 4) is 5.88 Å². The van der Waals surface area contributed by atoms with Crippen LogP contribution < -0.4 is 10.5 Å². The third kappa shape index (κ3) is 2.12. The van der Waals surface area contributed by atoms with Gasteiger partial charge in [-0.15, -0.1) is 0 Å². The highest BCUT2D eigenvalue weighted by atomic mass is 16.5. The van der Waals surface area contributed by atoms with Gasteiger partial charge >= 0.3 is 0 Å². The monoisotopic (exact) mass is 166 g/mol. The van der Waals surface area contributed by atoms with Crippen LogP contribution in [0, 0.1) is 6.92 Å². The third-order valence-electron chi connectivity index (χ3n) is 1.46. The Bertz CT molecular complexity index is 261. The van der Waals surface area contributed by atoms with Crippen LogP contribution in [0.2, 0.25) is 0 Å². The van der Waals surface area contributed by atoms with Crippen LogP contribution in [0.25, 0.3) is 0 Å². The lowest BCUT2D eigenvalue weighted by molar-refractivity contribution is 0.307. The van der Waals surface area contributed by atoms with Gasteiger partial charge in [0.25, 0.3) is 0 Å². The zero-order chi connectivity index (χ0) is 8.97. The van der Waals surface area contributed by atoms with Crippen molar-refractivity contribution in [1.82, 2.24) is 4.98 Å². The Morgan fingerprint density at radius 2 is 2.33 bits per heavy atom. The standard InChI is InChI=1S/C9H14N2O/c1-3-4-12-9-8(10)5-7(2)6-11-9/h5-6H,3-4,10H2,1-2H3. The van der Waals surface area contributed by atoms with Crippen molar-refractivity contribution in [3.05, 3.63) is 17.8 Å². The second kappa shape index (κ2) is 3.95. The minimum absolute atomic E-state index is 0.544. The van der Waals surface area contributed by atoms with Crippen LogP contribution in [-0.4, -0.2) is 11.6 Å². The highest BCUT2D eigenvalue weighted by Gasteiger charge is 2.00. The van der Waals surface area contributed by atoms with E-state index in [0.29, 0.717) is 18.2 Å². The Hall–Kier alpha value is -1.25. The Balaban J connectivity index is 2.72. The molecule has 0 aliphatic heterocycles. The second-order valence-corrected chi connectivity index (χ2v) is 2.76. The highest BCUT2D eigenvalue weighted by molar-refractivity contribution is 5.49. The van der Waals surface area contributed by atoms with Crippen molar-refractivity contribution in [2.45, 2.75) is 20.3 Å². The maximum Gasteiger partial charge on any atom is 0.237 e. The average molecular weight is 166 g/mol. The molecule has 0 saturated heterocycles. The van der Waals surface area contributed by atoms with Gasteiger partial charge in [-0.2, -0.15) is 0 Å². The first kappa shape index (κ1) is 8.84. The van der Waals surface area contributed by atoms with Crippen LogP contribution in [0.15, 0.2) is 12.3 Å². The number of ether oxygens (including phenoxy) is 1. The molecule has 0 saturated carbocycles. The topological polar surface area (TPSA) is 48.1 Å². The van der Waals surface area contributed by atoms with Gasteiger partial charge in [-0.3, -0.25) is 0 Å². The molecule has 0 aliphatic rings. The van der Waals surface area contributed by atoms with E-state index in [2.05, 4.69) is 4.98 Å². The lowest BCUT2D eigenvalue weighted by Gasteiger charge is -2.06. The number of nitrogens with zero attached hydrogens (tertiary/aromatic N) is 1. The number of hydrogen-bond donors (Lipinski definition) is 1. The molecule has 0 atom stereocenters. The van der Waals surface area contributed by atoms with Crippen LogP contribution in [0.3, 0.4) is 0 Å². The summed E-state index contributed by atoms with van der Waals surface area (Å²) >= 11 is 0. The van der Waals surface area contributed by atoms with Gasteiger partial charge in [0.05, 0.1) is 12.3 Å². The van der Waals surface area contributed by atoms with Gasteiger partial charge in [-0.05, 0) is 25.0 Å². The minimum Gasteiger partial charge on any atom is -0.476 e. The largest absolute Gasteiger partial charge is 0.476 e. The van der Waals surface area contributed by atoms with Gasteiger partial charge in [-0.1, -0.05) is 6.92 Å². The second-order valence-electron chi connectivity index (χ2n) is 2.76. The van der Waals surface area contributed by atoms with E-state index >= 15 is 0 Å². The molecule has 0 amide bonds. The van der Waals surface area contributed by atoms with Gasteiger partial charge < -0.3 is 10.5 Å². The van der Waals surface area contributed by atoms with E-state index in [1.807, 2.05) is 19.9 Å². The first-order chi connectivity index (χ1) is 5.74. The van der Waals surface area contributed by atoms with Crippen molar-refractivity contribution < 1.29 is 4.74 Å². The molecule has 12 heavy (non-hydrogen) atoms. The molecular weight excluding hydrogens is 152 g/mol. The number of aromatic nitrogens is 1. The molecule has 1 aromatic rings. The van der Waals surface area contributed by atoms with E-state index in [0.717, 1.165) is 12.0 Å². The molecule has 1 heterocycles. The molecule has 1 rings (SSSR count). The fraction of sp³-hybridized carbons (Fsp3) is 0.444. The van der Waals surface area contributed by atoms with Crippen molar-refractivity contribution >= 4 is 5.69 Å². The molecule has 0 bridgehead atoms. The molecule has 0 spiro atoms. The predicted molar refractivity (Wildman–Crippen MR) is 49.2 cm³/mol. The molecule has 0 fully saturated rings. The quantitative estimate of drug-likeness (QED) is 0.744. The lowest BCUT2D eigenvalue weighted by Crippen LogP contribution is -2.01. The van der Waals surface area contributed by atoms with Crippen LogP contribution in [0.1, 0.15) is 18.9 Å². The van der Waals surface area contributed by atoms with Crippen molar-refractivity contribution in [3.63, 3.8) is 0 Å². The zero-order valence-corrected chi connectivity index (χ0v) is 7.50. The molecule has 0 unspecified atom stereocenters. The van der Waals surface area contributed by atoms with Crippen molar-refractivity contribution in [2.24, 2.45) is 0 Å². The van der Waals surface area contributed by atoms with Crippen LogP contribution in [0.5, 0.6) is 5.88 Å². The van der Waals surface area contributed by atoms with Crippen LogP contribution in [-0.2, 0) is 0 Å². The smallest absolute Gasteiger partial charge is 0.237 e. The molecule has 66 valence electrons. The molecule has 0 aromatic carbocycles. The molecule has 0 radical (unpaired) electrons. The van der Waals surface area contributed by atoms with E-state index in [4.69, 9.17) is 10.5 Å². The summed E-state index contributed by atoms with van der Waals surface area (Å²) in [7, 11) is 0. The number of anilines is 1. The number of nitrogens with two attached hydrogens (primary N) is 1. The Morgan fingerprint density at radius 3 is 2.92 bits per heavy atom. The zero-order valence-electron chi connectivity index (χ0n) is 7.50. The van der Waals surface area contributed by atoms with Crippen LogP contribution >= 0.6 is 0 Å². The number of rotatable bonds is 3. The SMILES string of the molecule is CCCOc1ncc(C)cc1N. The Labute approximate surface area is 72.6 Å². The van der Waals surface area contributed by atoms with E-state index in [1.165, 1.54) is 0 Å². The van der Waals surface area contributed by atoms with Gasteiger partial charge in [0, 0.05) is 6.20 Å². The predicted octanol–water partition coefficient (Wildman–Crippen LogP) is 1.76. The highest BCUT2D eigenvalue weighted by Crippen LogP contribution is 2.18.